The molecule has 0 N–H and O–H groups in total. The van der Waals surface area contributed by atoms with Crippen LogP contribution in [0.15, 0.2) is 0 Å². The minimum Gasteiger partial charge on any atom is -0.348 e. The molecule has 3 aliphatic rings. The Morgan fingerprint density at radius 1 is 0.944 bits per heavy atom. The molecular weight excluding hydrogens is 224 g/mol. The summed E-state index contributed by atoms with van der Waals surface area (Å²) in [6, 6.07) is 0. The molecule has 0 radical (unpaired) electrons. The molecule has 1 aliphatic heterocycles. The van der Waals surface area contributed by atoms with E-state index in [2.05, 4.69) is 13.8 Å². The first-order chi connectivity index (χ1) is 8.64. The van der Waals surface area contributed by atoms with Crippen molar-refractivity contribution < 1.29 is 9.47 Å². The van der Waals surface area contributed by atoms with Gasteiger partial charge >= 0.3 is 0 Å². The van der Waals surface area contributed by atoms with Gasteiger partial charge in [-0.1, -0.05) is 33.1 Å². The quantitative estimate of drug-likeness (QED) is 0.695. The number of ether oxygens (including phenoxy) is 2. The molecule has 0 amide bonds. The Labute approximate surface area is 111 Å². The van der Waals surface area contributed by atoms with Gasteiger partial charge < -0.3 is 9.47 Å². The minimum absolute atomic E-state index is 0.200. The largest absolute Gasteiger partial charge is 0.348 e. The molecule has 1 atom stereocenters. The third-order valence-electron chi connectivity index (χ3n) is 5.92. The topological polar surface area (TPSA) is 18.5 Å². The van der Waals surface area contributed by atoms with Gasteiger partial charge in [-0.15, -0.1) is 0 Å². The first-order valence-electron chi connectivity index (χ1n) is 7.92. The van der Waals surface area contributed by atoms with E-state index in [1.807, 2.05) is 0 Å². The average Bonchev–Trinajstić information content (AvgIpc) is 3.02. The normalized spacial score (nSPS) is 36.3. The molecule has 1 unspecified atom stereocenters. The van der Waals surface area contributed by atoms with E-state index in [0.717, 1.165) is 26.1 Å². The second-order valence-corrected chi connectivity index (χ2v) is 7.08. The van der Waals surface area contributed by atoms with Crippen LogP contribution in [0.3, 0.4) is 0 Å². The summed E-state index contributed by atoms with van der Waals surface area (Å²) in [5.74, 6) is -0.200. The fourth-order valence-electron chi connectivity index (χ4n) is 4.47. The number of rotatable bonds is 4. The number of unbranched alkanes of at least 4 members (excludes halogenated alkanes) is 2. The summed E-state index contributed by atoms with van der Waals surface area (Å²) >= 11 is 0. The van der Waals surface area contributed by atoms with Crippen LogP contribution >= 0.6 is 0 Å². The highest BCUT2D eigenvalue weighted by atomic mass is 16.7. The SMILES string of the molecule is CCCCCC1(C)CC2(CCC13CC3)OCCO2. The van der Waals surface area contributed by atoms with Crippen molar-refractivity contribution in [1.29, 1.82) is 0 Å². The van der Waals surface area contributed by atoms with Crippen molar-refractivity contribution in [2.75, 3.05) is 13.2 Å². The molecule has 2 saturated carbocycles. The maximum Gasteiger partial charge on any atom is 0.169 e. The van der Waals surface area contributed by atoms with Crippen LogP contribution in [0, 0.1) is 10.8 Å². The summed E-state index contributed by atoms with van der Waals surface area (Å²) in [6.45, 7) is 6.42. The maximum absolute atomic E-state index is 5.98. The molecule has 0 bridgehead atoms. The molecule has 1 saturated heterocycles. The Balaban J connectivity index is 1.71. The van der Waals surface area contributed by atoms with Gasteiger partial charge in [0.25, 0.3) is 0 Å². The van der Waals surface area contributed by atoms with Crippen molar-refractivity contribution in [3.63, 3.8) is 0 Å². The Kier molecular flexibility index (Phi) is 3.22. The predicted octanol–water partition coefficient (Wildman–Crippen LogP) is 4.28. The molecular formula is C16H28O2. The van der Waals surface area contributed by atoms with Gasteiger partial charge in [0.1, 0.15) is 0 Å². The number of hydrogen-bond donors (Lipinski definition) is 0. The molecule has 2 spiro atoms. The molecule has 0 aromatic heterocycles. The zero-order chi connectivity index (χ0) is 12.7. The van der Waals surface area contributed by atoms with E-state index < -0.39 is 0 Å². The number of hydrogen-bond acceptors (Lipinski definition) is 2. The molecule has 3 fully saturated rings. The van der Waals surface area contributed by atoms with Crippen molar-refractivity contribution in [3.05, 3.63) is 0 Å². The van der Waals surface area contributed by atoms with Crippen molar-refractivity contribution in [1.82, 2.24) is 0 Å². The third kappa shape index (κ3) is 2.02. The van der Waals surface area contributed by atoms with E-state index >= 15 is 0 Å². The summed E-state index contributed by atoms with van der Waals surface area (Å²) < 4.78 is 12.0. The van der Waals surface area contributed by atoms with Crippen molar-refractivity contribution in [3.8, 4) is 0 Å². The van der Waals surface area contributed by atoms with E-state index in [1.165, 1.54) is 44.9 Å². The molecule has 0 aromatic rings. The molecule has 18 heavy (non-hydrogen) atoms. The van der Waals surface area contributed by atoms with Gasteiger partial charge in [-0.05, 0) is 36.5 Å². The summed E-state index contributed by atoms with van der Waals surface area (Å²) in [5.41, 5.74) is 1.12. The second-order valence-electron chi connectivity index (χ2n) is 7.08. The van der Waals surface area contributed by atoms with Crippen LogP contribution in [0.1, 0.15) is 71.6 Å². The highest BCUT2D eigenvalue weighted by molar-refractivity contribution is 5.10. The van der Waals surface area contributed by atoms with Crippen molar-refractivity contribution in [2.24, 2.45) is 10.8 Å². The molecule has 0 aromatic carbocycles. The predicted molar refractivity (Wildman–Crippen MR) is 72.4 cm³/mol. The van der Waals surface area contributed by atoms with Crippen LogP contribution in [0.5, 0.6) is 0 Å². The molecule has 2 nitrogen and oxygen atoms in total. The maximum atomic E-state index is 5.98. The third-order valence-corrected chi connectivity index (χ3v) is 5.92. The molecule has 2 aliphatic carbocycles. The van der Waals surface area contributed by atoms with Crippen LogP contribution in [0.25, 0.3) is 0 Å². The van der Waals surface area contributed by atoms with E-state index in [4.69, 9.17) is 9.47 Å². The van der Waals surface area contributed by atoms with Crippen LogP contribution < -0.4 is 0 Å². The molecule has 1 heterocycles. The Morgan fingerprint density at radius 3 is 2.22 bits per heavy atom. The van der Waals surface area contributed by atoms with Gasteiger partial charge in [-0.3, -0.25) is 0 Å². The first-order valence-corrected chi connectivity index (χ1v) is 7.92. The molecule has 2 heteroatoms. The lowest BCUT2D eigenvalue weighted by Crippen LogP contribution is -2.47. The van der Waals surface area contributed by atoms with Crippen LogP contribution in [-0.4, -0.2) is 19.0 Å². The fraction of sp³-hybridized carbons (Fsp3) is 1.00. The fourth-order valence-corrected chi connectivity index (χ4v) is 4.47. The van der Waals surface area contributed by atoms with Crippen molar-refractivity contribution in [2.45, 2.75) is 77.4 Å². The first kappa shape index (κ1) is 12.9. The van der Waals surface area contributed by atoms with E-state index in [1.54, 1.807) is 0 Å². The Hall–Kier alpha value is -0.0800. The van der Waals surface area contributed by atoms with Crippen LogP contribution in [0.2, 0.25) is 0 Å². The van der Waals surface area contributed by atoms with Gasteiger partial charge in [-0.2, -0.15) is 0 Å². The highest BCUT2D eigenvalue weighted by Crippen LogP contribution is 2.69. The van der Waals surface area contributed by atoms with Gasteiger partial charge in [0.2, 0.25) is 0 Å². The lowest BCUT2D eigenvalue weighted by Gasteiger charge is -2.49. The van der Waals surface area contributed by atoms with E-state index in [0.29, 0.717) is 10.8 Å². The Bertz CT molecular complexity index is 302. The van der Waals surface area contributed by atoms with Crippen molar-refractivity contribution >= 4 is 0 Å². The zero-order valence-corrected chi connectivity index (χ0v) is 12.1. The van der Waals surface area contributed by atoms with Crippen LogP contribution in [-0.2, 0) is 9.47 Å². The highest BCUT2D eigenvalue weighted by Gasteiger charge is 2.62. The van der Waals surface area contributed by atoms with Gasteiger partial charge in [-0.25, -0.2) is 0 Å². The summed E-state index contributed by atoms with van der Waals surface area (Å²) in [6.07, 6.45) is 12.0. The minimum atomic E-state index is -0.200. The monoisotopic (exact) mass is 252 g/mol. The standard InChI is InChI=1S/C16H28O2/c1-3-4-5-6-14(2)13-16(17-11-12-18-16)10-9-15(14)7-8-15/h3-13H2,1-2H3. The smallest absolute Gasteiger partial charge is 0.169 e. The van der Waals surface area contributed by atoms with E-state index in [-0.39, 0.29) is 5.79 Å². The lowest BCUT2D eigenvalue weighted by atomic mass is 9.60. The summed E-state index contributed by atoms with van der Waals surface area (Å²) in [7, 11) is 0. The van der Waals surface area contributed by atoms with E-state index in [9.17, 15) is 0 Å². The summed E-state index contributed by atoms with van der Waals surface area (Å²) in [4.78, 5) is 0. The zero-order valence-electron chi connectivity index (χ0n) is 12.1. The average molecular weight is 252 g/mol. The van der Waals surface area contributed by atoms with Gasteiger partial charge in [0.05, 0.1) is 13.2 Å². The Morgan fingerprint density at radius 2 is 1.61 bits per heavy atom. The van der Waals surface area contributed by atoms with Gasteiger partial charge in [0, 0.05) is 12.8 Å². The second kappa shape index (κ2) is 4.49. The van der Waals surface area contributed by atoms with Crippen LogP contribution in [0.4, 0.5) is 0 Å². The lowest BCUT2D eigenvalue weighted by molar-refractivity contribution is -0.216. The summed E-state index contributed by atoms with van der Waals surface area (Å²) in [5, 5.41) is 0. The van der Waals surface area contributed by atoms with Gasteiger partial charge in [0.15, 0.2) is 5.79 Å². The molecule has 104 valence electrons. The molecule has 3 rings (SSSR count).